The van der Waals surface area contributed by atoms with Crippen molar-refractivity contribution in [2.75, 3.05) is 0 Å². The van der Waals surface area contributed by atoms with Crippen LogP contribution >= 0.6 is 0 Å². The lowest BCUT2D eigenvalue weighted by molar-refractivity contribution is 0.629. The van der Waals surface area contributed by atoms with Crippen LogP contribution in [0.5, 0.6) is 0 Å². The highest BCUT2D eigenvalue weighted by atomic mass is 16.3. The van der Waals surface area contributed by atoms with Crippen molar-refractivity contribution in [3.05, 3.63) is 164 Å². The number of rotatable bonds is 5. The summed E-state index contributed by atoms with van der Waals surface area (Å²) in [6.07, 6.45) is 3.59. The summed E-state index contributed by atoms with van der Waals surface area (Å²) in [4.78, 5) is 25.1. The van der Waals surface area contributed by atoms with Gasteiger partial charge in [-0.05, 0) is 42.5 Å². The summed E-state index contributed by atoms with van der Waals surface area (Å²) in [6.45, 7) is 0. The minimum atomic E-state index is 0.658. The second-order valence-corrected chi connectivity index (χ2v) is 12.5. The molecule has 0 N–H and O–H groups in total. The molecule has 0 amide bonds. The van der Waals surface area contributed by atoms with Crippen LogP contribution in [0.3, 0.4) is 0 Å². The Morgan fingerprint density at radius 2 is 1.02 bits per heavy atom. The van der Waals surface area contributed by atoms with E-state index in [1.807, 2.05) is 79.0 Å². The standard InChI is InChI=1S/C45H27N5O/c1-3-11-28(12-4-1)34-23-20-30-17-18-31-21-24-35(49-42(31)41(30)48-34)32-19-22-33-38(27-32)50-43(29-13-5-2-6-14-29)45-39(33)40(36-15-7-9-25-46-36)44(51-45)37-16-8-10-26-47-37/h1-27H. The third-order valence-electron chi connectivity index (χ3n) is 9.37. The minimum absolute atomic E-state index is 0.658. The fraction of sp³-hybridized carbons (Fsp3) is 0. The zero-order valence-corrected chi connectivity index (χ0v) is 27.2. The molecular weight excluding hydrogens is 627 g/mol. The molecule has 0 aliphatic heterocycles. The van der Waals surface area contributed by atoms with E-state index in [4.69, 9.17) is 24.4 Å². The topological polar surface area (TPSA) is 77.6 Å². The molecule has 238 valence electrons. The van der Waals surface area contributed by atoms with Crippen molar-refractivity contribution in [3.63, 3.8) is 0 Å². The van der Waals surface area contributed by atoms with E-state index in [9.17, 15) is 0 Å². The van der Waals surface area contributed by atoms with Crippen LogP contribution in [-0.4, -0.2) is 24.9 Å². The number of nitrogens with zero attached hydrogens (tertiary/aromatic N) is 5. The first-order chi connectivity index (χ1) is 25.3. The van der Waals surface area contributed by atoms with Gasteiger partial charge in [0.15, 0.2) is 11.3 Å². The number of hydrogen-bond donors (Lipinski definition) is 0. The van der Waals surface area contributed by atoms with Gasteiger partial charge in [-0.25, -0.2) is 15.0 Å². The van der Waals surface area contributed by atoms with E-state index >= 15 is 0 Å². The number of fused-ring (bicyclic) bond motifs is 6. The molecule has 0 aliphatic rings. The number of furan rings is 1. The average molecular weight is 654 g/mol. The molecule has 0 saturated heterocycles. The summed E-state index contributed by atoms with van der Waals surface area (Å²) in [5.74, 6) is 0.658. The highest BCUT2D eigenvalue weighted by Crippen LogP contribution is 2.46. The van der Waals surface area contributed by atoms with Crippen LogP contribution in [0.15, 0.2) is 168 Å². The van der Waals surface area contributed by atoms with Gasteiger partial charge in [0.2, 0.25) is 0 Å². The molecule has 0 bridgehead atoms. The summed E-state index contributed by atoms with van der Waals surface area (Å²) in [6, 6.07) is 51.2. The molecule has 0 radical (unpaired) electrons. The first-order valence-corrected chi connectivity index (χ1v) is 16.8. The number of pyridine rings is 5. The molecule has 6 heterocycles. The first kappa shape index (κ1) is 28.9. The van der Waals surface area contributed by atoms with Crippen LogP contribution in [0.2, 0.25) is 0 Å². The molecule has 6 nitrogen and oxygen atoms in total. The zero-order valence-electron chi connectivity index (χ0n) is 27.2. The van der Waals surface area contributed by atoms with E-state index in [2.05, 4.69) is 83.8 Å². The molecule has 0 atom stereocenters. The Balaban J connectivity index is 1.22. The van der Waals surface area contributed by atoms with E-state index in [1.54, 1.807) is 6.20 Å². The van der Waals surface area contributed by atoms with Crippen molar-refractivity contribution < 1.29 is 4.42 Å². The lowest BCUT2D eigenvalue weighted by Crippen LogP contribution is -1.92. The van der Waals surface area contributed by atoms with Crippen LogP contribution in [0.4, 0.5) is 0 Å². The molecular formula is C45H27N5O. The van der Waals surface area contributed by atoms with Crippen molar-refractivity contribution >= 4 is 43.7 Å². The average Bonchev–Trinajstić information content (AvgIpc) is 3.62. The molecule has 10 aromatic rings. The third kappa shape index (κ3) is 4.92. The smallest absolute Gasteiger partial charge is 0.163 e. The summed E-state index contributed by atoms with van der Waals surface area (Å²) in [5.41, 5.74) is 11.2. The summed E-state index contributed by atoms with van der Waals surface area (Å²) < 4.78 is 6.79. The fourth-order valence-corrected chi connectivity index (χ4v) is 6.94. The van der Waals surface area contributed by atoms with Gasteiger partial charge < -0.3 is 4.42 Å². The maximum absolute atomic E-state index is 6.79. The first-order valence-electron chi connectivity index (χ1n) is 16.8. The fourth-order valence-electron chi connectivity index (χ4n) is 6.94. The van der Waals surface area contributed by atoms with Gasteiger partial charge >= 0.3 is 0 Å². The lowest BCUT2D eigenvalue weighted by Gasteiger charge is -2.10. The second-order valence-electron chi connectivity index (χ2n) is 12.5. The molecule has 10 rings (SSSR count). The van der Waals surface area contributed by atoms with E-state index < -0.39 is 0 Å². The largest absolute Gasteiger partial charge is 0.451 e. The van der Waals surface area contributed by atoms with Crippen molar-refractivity contribution in [1.82, 2.24) is 24.9 Å². The Labute approximate surface area is 292 Å². The van der Waals surface area contributed by atoms with E-state index in [0.717, 1.165) is 88.8 Å². The molecule has 0 spiro atoms. The Kier molecular flexibility index (Phi) is 6.70. The SMILES string of the molecule is c1ccc(-c2ccc3ccc4ccc(-c5ccc6c(c5)nc(-c5ccccc5)c5oc(-c7ccccn7)c(-c7ccccn7)c56)nc4c3n2)cc1. The normalized spacial score (nSPS) is 11.5. The van der Waals surface area contributed by atoms with Crippen LogP contribution < -0.4 is 0 Å². The van der Waals surface area contributed by atoms with Gasteiger partial charge in [-0.3, -0.25) is 9.97 Å². The molecule has 6 aromatic heterocycles. The molecule has 51 heavy (non-hydrogen) atoms. The van der Waals surface area contributed by atoms with Crippen molar-refractivity contribution in [2.24, 2.45) is 0 Å². The maximum atomic E-state index is 6.79. The van der Waals surface area contributed by atoms with Gasteiger partial charge in [-0.2, -0.15) is 0 Å². The highest BCUT2D eigenvalue weighted by molar-refractivity contribution is 6.18. The van der Waals surface area contributed by atoms with Gasteiger partial charge in [0, 0.05) is 50.6 Å². The number of hydrogen-bond acceptors (Lipinski definition) is 6. The molecule has 0 fully saturated rings. The summed E-state index contributed by atoms with van der Waals surface area (Å²) in [5, 5.41) is 3.99. The Hall–Kier alpha value is -7.05. The van der Waals surface area contributed by atoms with Crippen molar-refractivity contribution in [1.29, 1.82) is 0 Å². The summed E-state index contributed by atoms with van der Waals surface area (Å²) >= 11 is 0. The quantitative estimate of drug-likeness (QED) is 0.172. The molecule has 0 saturated carbocycles. The van der Waals surface area contributed by atoms with Gasteiger partial charge in [-0.1, -0.05) is 109 Å². The Morgan fingerprint density at radius 3 is 1.67 bits per heavy atom. The van der Waals surface area contributed by atoms with Crippen molar-refractivity contribution in [3.8, 4) is 56.5 Å². The lowest BCUT2D eigenvalue weighted by atomic mass is 9.97. The van der Waals surface area contributed by atoms with E-state index in [-0.39, 0.29) is 0 Å². The molecule has 0 unspecified atom stereocenters. The Morgan fingerprint density at radius 1 is 0.431 bits per heavy atom. The Bertz CT molecular complexity index is 2890. The maximum Gasteiger partial charge on any atom is 0.163 e. The van der Waals surface area contributed by atoms with Crippen LogP contribution in [0.1, 0.15) is 0 Å². The molecule has 0 aliphatic carbocycles. The van der Waals surface area contributed by atoms with Crippen LogP contribution in [0.25, 0.3) is 100 Å². The van der Waals surface area contributed by atoms with Crippen molar-refractivity contribution in [2.45, 2.75) is 0 Å². The molecule has 6 heteroatoms. The van der Waals surface area contributed by atoms with Crippen LogP contribution in [-0.2, 0) is 0 Å². The van der Waals surface area contributed by atoms with Gasteiger partial charge in [-0.15, -0.1) is 0 Å². The third-order valence-corrected chi connectivity index (χ3v) is 9.37. The van der Waals surface area contributed by atoms with Crippen LogP contribution in [0, 0.1) is 0 Å². The predicted molar refractivity (Wildman–Crippen MR) is 205 cm³/mol. The van der Waals surface area contributed by atoms with Gasteiger partial charge in [0.05, 0.1) is 39.2 Å². The zero-order chi connectivity index (χ0) is 33.7. The number of benzene rings is 4. The van der Waals surface area contributed by atoms with Gasteiger partial charge in [0.25, 0.3) is 0 Å². The van der Waals surface area contributed by atoms with E-state index in [0.29, 0.717) is 11.3 Å². The summed E-state index contributed by atoms with van der Waals surface area (Å²) in [7, 11) is 0. The number of aromatic nitrogens is 5. The van der Waals surface area contributed by atoms with Gasteiger partial charge in [0.1, 0.15) is 11.4 Å². The minimum Gasteiger partial charge on any atom is -0.451 e. The molecule has 4 aromatic carbocycles. The highest BCUT2D eigenvalue weighted by Gasteiger charge is 2.25. The van der Waals surface area contributed by atoms with E-state index in [1.165, 1.54) is 0 Å². The monoisotopic (exact) mass is 653 g/mol. The second kappa shape index (κ2) is 11.8. The predicted octanol–water partition coefficient (Wildman–Crippen LogP) is 11.2.